The molecule has 2 fully saturated rings. The van der Waals surface area contributed by atoms with Crippen molar-refractivity contribution in [3.8, 4) is 0 Å². The van der Waals surface area contributed by atoms with E-state index in [4.69, 9.17) is 9.73 Å². The maximum Gasteiger partial charge on any atom is 0.191 e. The molecule has 0 saturated carbocycles. The van der Waals surface area contributed by atoms with Gasteiger partial charge in [0.2, 0.25) is 0 Å². The first kappa shape index (κ1) is 23.0. The first-order valence-electron chi connectivity index (χ1n) is 11.9. The fourth-order valence-electron chi connectivity index (χ4n) is 4.48. The molecule has 1 unspecified atom stereocenters. The Morgan fingerprint density at radius 1 is 1.10 bits per heavy atom. The van der Waals surface area contributed by atoms with Crippen LogP contribution in [0.5, 0.6) is 0 Å². The molecular weight excluding hydrogens is 374 g/mol. The van der Waals surface area contributed by atoms with Gasteiger partial charge < -0.3 is 25.6 Å². The van der Waals surface area contributed by atoms with Gasteiger partial charge in [0.05, 0.1) is 6.54 Å². The summed E-state index contributed by atoms with van der Waals surface area (Å²) in [5.41, 5.74) is 1.29. The van der Waals surface area contributed by atoms with Gasteiger partial charge in [-0.15, -0.1) is 0 Å². The number of ether oxygens (including phenoxy) is 1. The van der Waals surface area contributed by atoms with Crippen LogP contribution in [0, 0.1) is 0 Å². The van der Waals surface area contributed by atoms with Crippen LogP contribution >= 0.6 is 0 Å². The molecule has 168 valence electrons. The van der Waals surface area contributed by atoms with E-state index in [9.17, 15) is 0 Å². The fraction of sp³-hybridized carbons (Fsp3) is 0.708. The van der Waals surface area contributed by atoms with Crippen LogP contribution in [0.2, 0.25) is 0 Å². The molecular formula is C24H41N5O. The number of guanidine groups is 1. The van der Waals surface area contributed by atoms with E-state index in [-0.39, 0.29) is 11.6 Å². The highest BCUT2D eigenvalue weighted by Gasteiger charge is 2.34. The van der Waals surface area contributed by atoms with Crippen molar-refractivity contribution in [3.63, 3.8) is 0 Å². The highest BCUT2D eigenvalue weighted by atomic mass is 16.5. The maximum atomic E-state index is 5.67. The Morgan fingerprint density at radius 2 is 1.83 bits per heavy atom. The van der Waals surface area contributed by atoms with Crippen molar-refractivity contribution in [1.82, 2.24) is 20.9 Å². The van der Waals surface area contributed by atoms with Gasteiger partial charge in [0, 0.05) is 44.4 Å². The van der Waals surface area contributed by atoms with E-state index in [2.05, 4.69) is 65.0 Å². The predicted molar refractivity (Wildman–Crippen MR) is 125 cm³/mol. The lowest BCUT2D eigenvalue weighted by atomic mass is 9.88. The highest BCUT2D eigenvalue weighted by Crippen LogP contribution is 2.26. The van der Waals surface area contributed by atoms with Crippen LogP contribution in [0.1, 0.15) is 57.6 Å². The van der Waals surface area contributed by atoms with Crippen molar-refractivity contribution < 1.29 is 4.74 Å². The molecule has 2 aliphatic heterocycles. The lowest BCUT2D eigenvalue weighted by Crippen LogP contribution is -2.53. The molecule has 0 aliphatic carbocycles. The molecule has 0 aromatic heterocycles. The molecule has 0 radical (unpaired) electrons. The molecule has 6 nitrogen and oxygen atoms in total. The van der Waals surface area contributed by atoms with Crippen molar-refractivity contribution >= 4 is 5.96 Å². The van der Waals surface area contributed by atoms with Crippen molar-refractivity contribution in [2.24, 2.45) is 4.99 Å². The second-order valence-corrected chi connectivity index (χ2v) is 8.69. The summed E-state index contributed by atoms with van der Waals surface area (Å²) in [4.78, 5) is 7.56. The molecule has 0 bridgehead atoms. The van der Waals surface area contributed by atoms with Gasteiger partial charge >= 0.3 is 0 Å². The Hall–Kier alpha value is -1.63. The van der Waals surface area contributed by atoms with E-state index < -0.39 is 0 Å². The second kappa shape index (κ2) is 12.3. The minimum atomic E-state index is -0.0251. The maximum absolute atomic E-state index is 5.67. The molecule has 2 heterocycles. The molecule has 2 aliphatic rings. The van der Waals surface area contributed by atoms with E-state index in [1.807, 2.05) is 0 Å². The third-order valence-electron chi connectivity index (χ3n) is 6.33. The minimum absolute atomic E-state index is 0.0251. The first-order chi connectivity index (χ1) is 14.7. The number of likely N-dealkylation sites (tertiary alicyclic amines) is 1. The Bertz CT molecular complexity index is 624. The first-order valence-corrected chi connectivity index (χ1v) is 11.9. The summed E-state index contributed by atoms with van der Waals surface area (Å²) >= 11 is 0. The van der Waals surface area contributed by atoms with E-state index in [1.165, 1.54) is 37.9 Å². The number of rotatable bonds is 9. The average molecular weight is 416 g/mol. The van der Waals surface area contributed by atoms with Crippen LogP contribution in [0.4, 0.5) is 0 Å². The molecule has 0 spiro atoms. The molecule has 30 heavy (non-hydrogen) atoms. The van der Waals surface area contributed by atoms with Crippen LogP contribution in [-0.2, 0) is 4.74 Å². The third kappa shape index (κ3) is 7.25. The van der Waals surface area contributed by atoms with Crippen LogP contribution < -0.4 is 16.0 Å². The quantitative estimate of drug-likeness (QED) is 0.428. The van der Waals surface area contributed by atoms with Crippen molar-refractivity contribution in [2.45, 2.75) is 57.5 Å². The van der Waals surface area contributed by atoms with Gasteiger partial charge in [-0.05, 0) is 58.2 Å². The van der Waals surface area contributed by atoms with Crippen LogP contribution in [0.15, 0.2) is 35.3 Å². The molecule has 0 amide bonds. The smallest absolute Gasteiger partial charge is 0.191 e. The van der Waals surface area contributed by atoms with Crippen LogP contribution in [0.25, 0.3) is 0 Å². The third-order valence-corrected chi connectivity index (χ3v) is 6.33. The average Bonchev–Trinajstić information content (AvgIpc) is 2.79. The van der Waals surface area contributed by atoms with E-state index in [1.54, 1.807) is 0 Å². The van der Waals surface area contributed by atoms with Crippen LogP contribution in [-0.4, -0.2) is 68.9 Å². The Kier molecular flexibility index (Phi) is 9.43. The Morgan fingerprint density at radius 3 is 2.53 bits per heavy atom. The number of nitrogens with zero attached hydrogens (tertiary/aromatic N) is 2. The zero-order chi connectivity index (χ0) is 21.1. The number of piperidine rings is 1. The molecule has 1 aromatic carbocycles. The van der Waals surface area contributed by atoms with Gasteiger partial charge in [0.15, 0.2) is 5.96 Å². The Balaban J connectivity index is 1.58. The van der Waals surface area contributed by atoms with E-state index in [0.29, 0.717) is 0 Å². The summed E-state index contributed by atoms with van der Waals surface area (Å²) in [6.45, 7) is 12.1. The predicted octanol–water partition coefficient (Wildman–Crippen LogP) is 2.93. The second-order valence-electron chi connectivity index (χ2n) is 8.69. The largest absolute Gasteiger partial charge is 0.381 e. The number of hydrogen-bond acceptors (Lipinski definition) is 4. The normalized spacial score (nSPS) is 21.2. The lowest BCUT2D eigenvalue weighted by molar-refractivity contribution is 0.0374. The summed E-state index contributed by atoms with van der Waals surface area (Å²) in [6, 6.07) is 11.0. The fourth-order valence-corrected chi connectivity index (χ4v) is 4.48. The topological polar surface area (TPSA) is 60.9 Å². The van der Waals surface area contributed by atoms with Crippen molar-refractivity contribution in [1.29, 1.82) is 0 Å². The molecule has 3 rings (SSSR count). The number of nitrogens with one attached hydrogen (secondary N) is 3. The number of benzene rings is 1. The van der Waals surface area contributed by atoms with Crippen molar-refractivity contribution in [3.05, 3.63) is 35.9 Å². The SMILES string of the molecule is CCNC(=NCC1(NC(C)c2ccccc2)CCOCC1)NCCN1CCCCC1. The van der Waals surface area contributed by atoms with Crippen LogP contribution in [0.3, 0.4) is 0 Å². The van der Waals surface area contributed by atoms with Gasteiger partial charge in [-0.2, -0.15) is 0 Å². The summed E-state index contributed by atoms with van der Waals surface area (Å²) in [7, 11) is 0. The van der Waals surface area contributed by atoms with E-state index >= 15 is 0 Å². The Labute approximate surface area is 182 Å². The van der Waals surface area contributed by atoms with Gasteiger partial charge in [-0.25, -0.2) is 0 Å². The summed E-state index contributed by atoms with van der Waals surface area (Å²) in [5, 5.41) is 10.9. The van der Waals surface area contributed by atoms with Gasteiger partial charge in [-0.3, -0.25) is 4.99 Å². The molecule has 3 N–H and O–H groups in total. The monoisotopic (exact) mass is 415 g/mol. The number of aliphatic imine (C=N–C) groups is 1. The lowest BCUT2D eigenvalue weighted by Gasteiger charge is -2.39. The van der Waals surface area contributed by atoms with Gasteiger partial charge in [0.1, 0.15) is 0 Å². The molecule has 1 aromatic rings. The standard InChI is InChI=1S/C24H41N5O/c1-3-25-23(26-14-17-29-15-8-5-9-16-29)27-20-24(12-18-30-19-13-24)28-21(2)22-10-6-4-7-11-22/h4,6-7,10-11,21,28H,3,5,8-9,12-20H2,1-2H3,(H2,25,26,27). The number of hydrogen-bond donors (Lipinski definition) is 3. The van der Waals surface area contributed by atoms with E-state index in [0.717, 1.165) is 58.2 Å². The molecule has 2 saturated heterocycles. The van der Waals surface area contributed by atoms with Gasteiger partial charge in [0.25, 0.3) is 0 Å². The molecule has 6 heteroatoms. The zero-order valence-electron chi connectivity index (χ0n) is 19.0. The highest BCUT2D eigenvalue weighted by molar-refractivity contribution is 5.79. The molecule has 1 atom stereocenters. The van der Waals surface area contributed by atoms with Gasteiger partial charge in [-0.1, -0.05) is 36.8 Å². The zero-order valence-corrected chi connectivity index (χ0v) is 19.0. The van der Waals surface area contributed by atoms with Crippen molar-refractivity contribution in [2.75, 3.05) is 52.5 Å². The summed E-state index contributed by atoms with van der Waals surface area (Å²) < 4.78 is 5.67. The summed E-state index contributed by atoms with van der Waals surface area (Å²) in [6.07, 6.45) is 6.03. The summed E-state index contributed by atoms with van der Waals surface area (Å²) in [5.74, 6) is 0.926. The minimum Gasteiger partial charge on any atom is -0.381 e.